The molecule has 1 aliphatic heterocycles. The summed E-state index contributed by atoms with van der Waals surface area (Å²) < 4.78 is 5.83. The van der Waals surface area contributed by atoms with E-state index in [2.05, 4.69) is 51.2 Å². The van der Waals surface area contributed by atoms with Crippen molar-refractivity contribution in [2.24, 2.45) is 0 Å². The number of likely N-dealkylation sites (tertiary alicyclic amines) is 1. The van der Waals surface area contributed by atoms with Crippen LogP contribution in [0.2, 0.25) is 0 Å². The van der Waals surface area contributed by atoms with Gasteiger partial charge in [0.15, 0.2) is 5.75 Å². The van der Waals surface area contributed by atoms with Gasteiger partial charge in [-0.15, -0.1) is 0 Å². The number of nitrogens with zero attached hydrogens (tertiary/aromatic N) is 2. The van der Waals surface area contributed by atoms with Crippen LogP contribution in [0.3, 0.4) is 0 Å². The number of rotatable bonds is 11. The van der Waals surface area contributed by atoms with Crippen LogP contribution >= 0.6 is 0 Å². The minimum Gasteiger partial charge on any atom is -0.492 e. The molecule has 7 rings (SSSR count). The average molecular weight is 788 g/mol. The lowest BCUT2D eigenvalue weighted by molar-refractivity contribution is -0.144. The van der Waals surface area contributed by atoms with Crippen LogP contribution in [0.5, 0.6) is 5.75 Å². The summed E-state index contributed by atoms with van der Waals surface area (Å²) in [6.45, 7) is 9.88. The number of carbonyl (C=O) groups is 3. The van der Waals surface area contributed by atoms with E-state index in [0.717, 1.165) is 58.2 Å². The highest BCUT2D eigenvalue weighted by Gasteiger charge is 2.27. The summed E-state index contributed by atoms with van der Waals surface area (Å²) in [4.78, 5) is 45.6. The second kappa shape index (κ2) is 18.4. The van der Waals surface area contributed by atoms with E-state index in [1.807, 2.05) is 118 Å². The van der Waals surface area contributed by atoms with E-state index in [9.17, 15) is 14.4 Å². The summed E-state index contributed by atoms with van der Waals surface area (Å²) >= 11 is 0. The number of fused-ring (bicyclic) bond motifs is 1. The van der Waals surface area contributed by atoms with Gasteiger partial charge >= 0.3 is 17.8 Å². The first kappa shape index (κ1) is 40.7. The first-order valence-corrected chi connectivity index (χ1v) is 20.4. The van der Waals surface area contributed by atoms with Gasteiger partial charge in [0.05, 0.1) is 24.2 Å². The van der Waals surface area contributed by atoms with Gasteiger partial charge in [-0.25, -0.2) is 4.79 Å². The number of urea groups is 1. The third kappa shape index (κ3) is 10.2. The van der Waals surface area contributed by atoms with E-state index in [4.69, 9.17) is 4.74 Å². The SMILES string of the molecule is COc1c(NC(=O)Nc2ccc(-c3ccc(CN4CCCCC4)cc3)c3ccccc23)cc(C(C)(C)C)cc1NC(=O)C(=O)N(Cc1ccccc1)Cc1ccccc1. The van der Waals surface area contributed by atoms with Crippen LogP contribution in [0.4, 0.5) is 21.9 Å². The molecular formula is C50H53N5O4. The van der Waals surface area contributed by atoms with Gasteiger partial charge < -0.3 is 25.6 Å². The second-order valence-electron chi connectivity index (χ2n) is 16.3. The summed E-state index contributed by atoms with van der Waals surface area (Å²) in [6.07, 6.45) is 3.86. The summed E-state index contributed by atoms with van der Waals surface area (Å²) in [7, 11) is 1.47. The maximum Gasteiger partial charge on any atom is 0.323 e. The number of nitrogens with one attached hydrogen (secondary N) is 3. The fourth-order valence-electron chi connectivity index (χ4n) is 7.70. The van der Waals surface area contributed by atoms with Crippen LogP contribution in [0.15, 0.2) is 133 Å². The van der Waals surface area contributed by atoms with Crippen molar-refractivity contribution in [2.45, 2.75) is 65.1 Å². The number of anilines is 3. The first-order valence-electron chi connectivity index (χ1n) is 20.4. The van der Waals surface area contributed by atoms with Crippen molar-refractivity contribution < 1.29 is 19.1 Å². The van der Waals surface area contributed by atoms with Gasteiger partial charge in [0, 0.05) is 25.0 Å². The van der Waals surface area contributed by atoms with Gasteiger partial charge in [0.25, 0.3) is 0 Å². The quantitative estimate of drug-likeness (QED) is 0.114. The van der Waals surface area contributed by atoms with E-state index in [0.29, 0.717) is 11.4 Å². The number of carbonyl (C=O) groups excluding carboxylic acids is 3. The molecule has 1 aliphatic rings. The Morgan fingerprint density at radius 2 is 1.19 bits per heavy atom. The molecule has 9 heteroatoms. The van der Waals surface area contributed by atoms with Gasteiger partial charge in [0.1, 0.15) is 0 Å². The largest absolute Gasteiger partial charge is 0.492 e. The molecule has 59 heavy (non-hydrogen) atoms. The van der Waals surface area contributed by atoms with Gasteiger partial charge in [0.2, 0.25) is 0 Å². The third-order valence-corrected chi connectivity index (χ3v) is 10.9. The summed E-state index contributed by atoms with van der Waals surface area (Å²) in [5, 5.41) is 10.8. The Labute approximate surface area is 347 Å². The van der Waals surface area contributed by atoms with Gasteiger partial charge in [-0.3, -0.25) is 14.5 Å². The number of amides is 4. The fourth-order valence-corrected chi connectivity index (χ4v) is 7.70. The second-order valence-corrected chi connectivity index (χ2v) is 16.3. The standard InChI is InChI=1S/C50H53N5O4/c1-50(2,3)39-30-44(51-47(56)48(57)55(33-35-16-8-5-9-17-35)34-36-18-10-6-11-19-36)46(59-4)45(31-39)53-49(58)52-43-27-26-40(41-20-12-13-21-42(41)43)38-24-22-37(23-25-38)32-54-28-14-7-15-29-54/h5-6,8-13,16-27,30-31H,7,14-15,28-29,32-34H2,1-4H3,(H,51,56)(H2,52,53,58). The molecule has 0 aromatic heterocycles. The molecule has 0 spiro atoms. The minimum absolute atomic E-state index is 0.218. The smallest absolute Gasteiger partial charge is 0.323 e. The van der Waals surface area contributed by atoms with Gasteiger partial charge in [-0.05, 0) is 88.3 Å². The van der Waals surface area contributed by atoms with Crippen LogP contribution in [0.25, 0.3) is 21.9 Å². The lowest BCUT2D eigenvalue weighted by Gasteiger charge is -2.26. The molecule has 0 aliphatic carbocycles. The van der Waals surface area contributed by atoms with Gasteiger partial charge in [-0.2, -0.15) is 0 Å². The van der Waals surface area contributed by atoms with Crippen LogP contribution in [0, 0.1) is 0 Å². The Kier molecular flexibility index (Phi) is 12.7. The van der Waals surface area contributed by atoms with Crippen molar-refractivity contribution in [3.63, 3.8) is 0 Å². The average Bonchev–Trinajstić information content (AvgIpc) is 3.24. The molecule has 6 aromatic rings. The fraction of sp³-hybridized carbons (Fsp3) is 0.260. The maximum atomic E-state index is 13.9. The van der Waals surface area contributed by atoms with E-state index in [1.54, 1.807) is 6.07 Å². The highest BCUT2D eigenvalue weighted by molar-refractivity contribution is 6.39. The minimum atomic E-state index is -0.820. The number of hydrogen-bond acceptors (Lipinski definition) is 5. The number of methoxy groups -OCH3 is 1. The zero-order valence-corrected chi connectivity index (χ0v) is 34.4. The molecule has 302 valence electrons. The van der Waals surface area contributed by atoms with E-state index in [1.165, 1.54) is 36.8 Å². The molecule has 1 saturated heterocycles. The molecule has 9 nitrogen and oxygen atoms in total. The van der Waals surface area contributed by atoms with Crippen LogP contribution in [0.1, 0.15) is 62.3 Å². The van der Waals surface area contributed by atoms with Crippen molar-refractivity contribution in [1.29, 1.82) is 0 Å². The summed E-state index contributed by atoms with van der Waals surface area (Å²) in [5.41, 5.74) is 6.99. The number of benzene rings is 6. The Morgan fingerprint density at radius 1 is 0.627 bits per heavy atom. The monoisotopic (exact) mass is 787 g/mol. The van der Waals surface area contributed by atoms with Crippen molar-refractivity contribution in [1.82, 2.24) is 9.80 Å². The molecule has 0 unspecified atom stereocenters. The van der Waals surface area contributed by atoms with Crippen molar-refractivity contribution >= 4 is 45.7 Å². The Bertz CT molecular complexity index is 2360. The molecule has 0 radical (unpaired) electrons. The molecule has 0 atom stereocenters. The highest BCUT2D eigenvalue weighted by atomic mass is 16.5. The molecule has 3 N–H and O–H groups in total. The Hall–Kier alpha value is -6.45. The molecule has 1 heterocycles. The summed E-state index contributed by atoms with van der Waals surface area (Å²) in [6, 6.07) is 43.1. The third-order valence-electron chi connectivity index (χ3n) is 10.9. The van der Waals surface area contributed by atoms with Gasteiger partial charge in [-0.1, -0.05) is 142 Å². The van der Waals surface area contributed by atoms with Crippen molar-refractivity contribution in [2.75, 3.05) is 36.1 Å². The maximum absolute atomic E-state index is 13.9. The van der Waals surface area contributed by atoms with Crippen LogP contribution in [-0.2, 0) is 34.6 Å². The number of ether oxygens (including phenoxy) is 1. The first-order chi connectivity index (χ1) is 28.6. The van der Waals surface area contributed by atoms with Crippen molar-refractivity contribution in [3.8, 4) is 16.9 Å². The summed E-state index contributed by atoms with van der Waals surface area (Å²) in [5.74, 6) is -1.30. The molecule has 0 saturated carbocycles. The topological polar surface area (TPSA) is 103 Å². The molecule has 4 amide bonds. The zero-order valence-electron chi connectivity index (χ0n) is 34.4. The normalized spacial score (nSPS) is 13.1. The predicted octanol–water partition coefficient (Wildman–Crippen LogP) is 10.6. The van der Waals surface area contributed by atoms with E-state index >= 15 is 0 Å². The van der Waals surface area contributed by atoms with E-state index < -0.39 is 17.8 Å². The highest BCUT2D eigenvalue weighted by Crippen LogP contribution is 2.39. The van der Waals surface area contributed by atoms with Crippen molar-refractivity contribution in [3.05, 3.63) is 156 Å². The lowest BCUT2D eigenvalue weighted by Crippen LogP contribution is -2.39. The Balaban J connectivity index is 1.11. The predicted molar refractivity (Wildman–Crippen MR) is 239 cm³/mol. The lowest BCUT2D eigenvalue weighted by atomic mass is 9.86. The number of piperidine rings is 1. The molecule has 1 fully saturated rings. The molecule has 0 bridgehead atoms. The molecule has 6 aromatic carbocycles. The van der Waals surface area contributed by atoms with Crippen LogP contribution in [-0.4, -0.2) is 47.8 Å². The number of hydrogen-bond donors (Lipinski definition) is 3. The zero-order chi connectivity index (χ0) is 41.4. The van der Waals surface area contributed by atoms with Crippen LogP contribution < -0.4 is 20.7 Å². The molecular weight excluding hydrogens is 735 g/mol. The Morgan fingerprint density at radius 3 is 1.78 bits per heavy atom. The van der Waals surface area contributed by atoms with E-state index in [-0.39, 0.29) is 29.9 Å².